The van der Waals surface area contributed by atoms with Gasteiger partial charge >= 0.3 is 0 Å². The first-order valence-electron chi connectivity index (χ1n) is 7.64. The number of carboxylic acids is 1. The molecular weight excluding hydrogens is 325 g/mol. The molecule has 0 N–H and O–H groups in total. The Morgan fingerprint density at radius 3 is 2.58 bits per heavy atom. The van der Waals surface area contributed by atoms with E-state index >= 15 is 0 Å². The van der Waals surface area contributed by atoms with Gasteiger partial charge < -0.3 is 9.90 Å². The van der Waals surface area contributed by atoms with Crippen molar-refractivity contribution >= 4 is 39.2 Å². The summed E-state index contributed by atoms with van der Waals surface area (Å²) in [5, 5.41) is 11.5. The van der Waals surface area contributed by atoms with Gasteiger partial charge in [0.15, 0.2) is 0 Å². The average Bonchev–Trinajstić information content (AvgIpc) is 2.99. The van der Waals surface area contributed by atoms with Crippen molar-refractivity contribution in [3.8, 4) is 0 Å². The van der Waals surface area contributed by atoms with Crippen LogP contribution in [0.1, 0.15) is 29.8 Å². The van der Waals surface area contributed by atoms with Crippen molar-refractivity contribution in [2.75, 3.05) is 0 Å². The highest BCUT2D eigenvalue weighted by Gasteiger charge is 2.09. The lowest BCUT2D eigenvalue weighted by Crippen LogP contribution is -2.21. The van der Waals surface area contributed by atoms with Gasteiger partial charge in [-0.1, -0.05) is 24.3 Å². The molecular formula is C19H15FNO2S-. The van der Waals surface area contributed by atoms with Crippen molar-refractivity contribution in [1.82, 2.24) is 4.98 Å². The lowest BCUT2D eigenvalue weighted by Gasteiger charge is -2.06. The van der Waals surface area contributed by atoms with Gasteiger partial charge in [0, 0.05) is 5.97 Å². The zero-order chi connectivity index (χ0) is 16.9. The van der Waals surface area contributed by atoms with E-state index in [2.05, 4.69) is 4.98 Å². The minimum atomic E-state index is -1.06. The number of fused-ring (bicyclic) bond motifs is 1. The molecule has 1 heterocycles. The summed E-state index contributed by atoms with van der Waals surface area (Å²) < 4.78 is 14.2. The first-order valence-corrected chi connectivity index (χ1v) is 8.45. The van der Waals surface area contributed by atoms with Gasteiger partial charge in [0.2, 0.25) is 0 Å². The van der Waals surface area contributed by atoms with Crippen LogP contribution in [0, 0.1) is 5.82 Å². The lowest BCUT2D eigenvalue weighted by molar-refractivity contribution is -0.305. The second-order valence-corrected chi connectivity index (χ2v) is 6.46. The summed E-state index contributed by atoms with van der Waals surface area (Å²) in [6.45, 7) is 0. The molecule has 1 aromatic heterocycles. The molecule has 0 aliphatic rings. The monoisotopic (exact) mass is 340 g/mol. The molecule has 0 amide bonds. The molecule has 0 radical (unpaired) electrons. The number of hydrogen-bond acceptors (Lipinski definition) is 4. The highest BCUT2D eigenvalue weighted by molar-refractivity contribution is 7.19. The Hall–Kier alpha value is -2.53. The van der Waals surface area contributed by atoms with Crippen LogP contribution in [-0.4, -0.2) is 11.0 Å². The number of benzene rings is 2. The second kappa shape index (κ2) is 7.36. The summed E-state index contributed by atoms with van der Waals surface area (Å²) in [5.41, 5.74) is 2.73. The number of aromatic nitrogens is 1. The van der Waals surface area contributed by atoms with Gasteiger partial charge in [0.1, 0.15) is 10.8 Å². The maximum atomic E-state index is 13.1. The summed E-state index contributed by atoms with van der Waals surface area (Å²) in [7, 11) is 0. The van der Waals surface area contributed by atoms with Crippen LogP contribution in [0.2, 0.25) is 0 Å². The van der Waals surface area contributed by atoms with Crippen LogP contribution in [0.4, 0.5) is 4.39 Å². The minimum Gasteiger partial charge on any atom is -0.550 e. The number of carbonyl (C=O) groups excluding carboxylic acids is 1. The minimum absolute atomic E-state index is 0.00561. The molecule has 122 valence electrons. The number of rotatable bonds is 6. The average molecular weight is 340 g/mol. The number of nitrogens with zero attached hydrogens (tertiary/aromatic N) is 1. The zero-order valence-corrected chi connectivity index (χ0v) is 13.7. The Morgan fingerprint density at radius 2 is 1.88 bits per heavy atom. The second-order valence-electron chi connectivity index (χ2n) is 5.43. The molecule has 3 rings (SSSR count). The molecule has 5 heteroatoms. The van der Waals surface area contributed by atoms with E-state index in [1.54, 1.807) is 23.5 Å². The van der Waals surface area contributed by atoms with E-state index in [9.17, 15) is 14.3 Å². The molecule has 0 bridgehead atoms. The first-order chi connectivity index (χ1) is 11.6. The Balaban J connectivity index is 1.93. The predicted molar refractivity (Wildman–Crippen MR) is 92.7 cm³/mol. The van der Waals surface area contributed by atoms with Crippen molar-refractivity contribution in [3.05, 3.63) is 64.9 Å². The fourth-order valence-corrected chi connectivity index (χ4v) is 3.44. The molecule has 0 unspecified atom stereocenters. The smallest absolute Gasteiger partial charge is 0.123 e. The zero-order valence-electron chi connectivity index (χ0n) is 12.9. The van der Waals surface area contributed by atoms with Crippen LogP contribution in [-0.2, 0) is 4.79 Å². The SMILES string of the molecule is O=C([O-])CCC/C(=C\c1ccc(F)cc1)c1nc2ccccc2s1. The van der Waals surface area contributed by atoms with Crippen molar-refractivity contribution in [2.24, 2.45) is 0 Å². The van der Waals surface area contributed by atoms with Gasteiger partial charge in [-0.25, -0.2) is 9.37 Å². The number of thiazole rings is 1. The van der Waals surface area contributed by atoms with E-state index in [-0.39, 0.29) is 12.2 Å². The molecule has 0 aliphatic carbocycles. The fourth-order valence-electron chi connectivity index (χ4n) is 2.43. The summed E-state index contributed by atoms with van der Waals surface area (Å²) in [4.78, 5) is 15.3. The van der Waals surface area contributed by atoms with Gasteiger partial charge in [-0.15, -0.1) is 11.3 Å². The molecule has 0 saturated heterocycles. The molecule has 3 aromatic rings. The van der Waals surface area contributed by atoms with E-state index in [4.69, 9.17) is 0 Å². The van der Waals surface area contributed by atoms with Crippen LogP contribution in [0.3, 0.4) is 0 Å². The summed E-state index contributed by atoms with van der Waals surface area (Å²) in [5.74, 6) is -1.34. The summed E-state index contributed by atoms with van der Waals surface area (Å²) in [6.07, 6.45) is 2.99. The third kappa shape index (κ3) is 4.06. The summed E-state index contributed by atoms with van der Waals surface area (Å²) >= 11 is 1.57. The van der Waals surface area contributed by atoms with Crippen LogP contribution in [0.15, 0.2) is 48.5 Å². The maximum absolute atomic E-state index is 13.1. The number of hydrogen-bond donors (Lipinski definition) is 0. The van der Waals surface area contributed by atoms with Crippen molar-refractivity contribution in [1.29, 1.82) is 0 Å². The fraction of sp³-hybridized carbons (Fsp3) is 0.158. The third-order valence-electron chi connectivity index (χ3n) is 3.61. The Morgan fingerprint density at radius 1 is 1.12 bits per heavy atom. The van der Waals surface area contributed by atoms with E-state index in [1.165, 1.54) is 12.1 Å². The molecule has 0 atom stereocenters. The van der Waals surface area contributed by atoms with Crippen LogP contribution >= 0.6 is 11.3 Å². The lowest BCUT2D eigenvalue weighted by atomic mass is 10.1. The molecule has 0 saturated carbocycles. The van der Waals surface area contributed by atoms with Crippen LogP contribution in [0.25, 0.3) is 21.9 Å². The standard InChI is InChI=1S/C19H16FNO2S/c20-15-10-8-13(9-11-15)12-14(4-3-7-18(22)23)19-21-16-5-1-2-6-17(16)24-19/h1-2,5-6,8-12H,3-4,7H2,(H,22,23)/p-1/b14-12+. The molecule has 2 aromatic carbocycles. The van der Waals surface area contributed by atoms with Gasteiger partial charge in [-0.2, -0.15) is 0 Å². The normalized spacial score (nSPS) is 11.8. The van der Waals surface area contributed by atoms with Crippen molar-refractivity contribution < 1.29 is 14.3 Å². The number of allylic oxidation sites excluding steroid dienone is 1. The van der Waals surface area contributed by atoms with E-state index in [1.807, 2.05) is 30.3 Å². The van der Waals surface area contributed by atoms with Crippen LogP contribution in [0.5, 0.6) is 0 Å². The number of halogens is 1. The summed E-state index contributed by atoms with van der Waals surface area (Å²) in [6, 6.07) is 14.1. The highest BCUT2D eigenvalue weighted by Crippen LogP contribution is 2.31. The highest BCUT2D eigenvalue weighted by atomic mass is 32.1. The quantitative estimate of drug-likeness (QED) is 0.684. The maximum Gasteiger partial charge on any atom is 0.123 e. The van der Waals surface area contributed by atoms with Crippen LogP contribution < -0.4 is 5.11 Å². The van der Waals surface area contributed by atoms with Crippen molar-refractivity contribution in [3.63, 3.8) is 0 Å². The van der Waals surface area contributed by atoms with Gasteiger partial charge in [-0.05, 0) is 60.7 Å². The number of carboxylic acid groups (broad SMARTS) is 1. The van der Waals surface area contributed by atoms with E-state index < -0.39 is 5.97 Å². The largest absolute Gasteiger partial charge is 0.550 e. The van der Waals surface area contributed by atoms with Gasteiger partial charge in [-0.3, -0.25) is 0 Å². The Labute approximate surface area is 143 Å². The predicted octanol–water partition coefficient (Wildman–Crippen LogP) is 3.90. The molecule has 0 aliphatic heterocycles. The molecule has 24 heavy (non-hydrogen) atoms. The Bertz CT molecular complexity index is 851. The molecule has 0 fully saturated rings. The molecule has 3 nitrogen and oxygen atoms in total. The van der Waals surface area contributed by atoms with Crippen molar-refractivity contribution in [2.45, 2.75) is 19.3 Å². The van der Waals surface area contributed by atoms with Gasteiger partial charge in [0.05, 0.1) is 10.2 Å². The number of aliphatic carboxylic acids is 1. The number of para-hydroxylation sites is 1. The topological polar surface area (TPSA) is 53.0 Å². The van der Waals surface area contributed by atoms with E-state index in [0.717, 1.165) is 26.4 Å². The Kier molecular flexibility index (Phi) is 5.01. The third-order valence-corrected chi connectivity index (χ3v) is 4.72. The first kappa shape index (κ1) is 16.3. The van der Waals surface area contributed by atoms with Gasteiger partial charge in [0.25, 0.3) is 0 Å². The molecule has 0 spiro atoms. The van der Waals surface area contributed by atoms with E-state index in [0.29, 0.717) is 12.8 Å². The number of carbonyl (C=O) groups is 1.